The van der Waals surface area contributed by atoms with Crippen molar-refractivity contribution in [3.05, 3.63) is 0 Å². The van der Waals surface area contributed by atoms with Gasteiger partial charge in [0.05, 0.1) is 5.25 Å². The highest BCUT2D eigenvalue weighted by atomic mass is 32.1. The van der Waals surface area contributed by atoms with Crippen molar-refractivity contribution in [2.75, 3.05) is 6.54 Å². The molecule has 1 heterocycles. The predicted octanol–water partition coefficient (Wildman–Crippen LogP) is 0.831. The highest BCUT2D eigenvalue weighted by Crippen LogP contribution is 2.17. The van der Waals surface area contributed by atoms with Crippen molar-refractivity contribution in [1.82, 2.24) is 5.32 Å². The monoisotopic (exact) mass is 159 g/mol. The van der Waals surface area contributed by atoms with Crippen LogP contribution >= 0.6 is 12.6 Å². The van der Waals surface area contributed by atoms with Crippen LogP contribution in [-0.2, 0) is 4.79 Å². The maximum atomic E-state index is 10.9. The molecule has 2 nitrogen and oxygen atoms in total. The SMILES string of the molecule is CCC1CNC(=O)C(S)C1. The third-order valence-corrected chi connectivity index (χ3v) is 2.45. The Balaban J connectivity index is 2.40. The normalized spacial score (nSPS) is 33.6. The van der Waals surface area contributed by atoms with E-state index in [9.17, 15) is 4.79 Å². The molecule has 10 heavy (non-hydrogen) atoms. The highest BCUT2D eigenvalue weighted by Gasteiger charge is 2.23. The summed E-state index contributed by atoms with van der Waals surface area (Å²) < 4.78 is 0. The maximum absolute atomic E-state index is 10.9. The first kappa shape index (κ1) is 7.92. The van der Waals surface area contributed by atoms with Gasteiger partial charge in [0.1, 0.15) is 0 Å². The van der Waals surface area contributed by atoms with Gasteiger partial charge in [0.2, 0.25) is 5.91 Å². The summed E-state index contributed by atoms with van der Waals surface area (Å²) >= 11 is 4.16. The Morgan fingerprint density at radius 2 is 2.50 bits per heavy atom. The van der Waals surface area contributed by atoms with Crippen LogP contribution in [0.1, 0.15) is 19.8 Å². The minimum absolute atomic E-state index is 0.0706. The van der Waals surface area contributed by atoms with E-state index in [0.717, 1.165) is 19.4 Å². The van der Waals surface area contributed by atoms with E-state index in [1.54, 1.807) is 0 Å². The molecule has 0 radical (unpaired) electrons. The summed E-state index contributed by atoms with van der Waals surface area (Å²) in [6.45, 7) is 2.98. The van der Waals surface area contributed by atoms with Gasteiger partial charge in [-0.15, -0.1) is 0 Å². The molecule has 1 aliphatic rings. The molecular weight excluding hydrogens is 146 g/mol. The van der Waals surface area contributed by atoms with Gasteiger partial charge in [0.25, 0.3) is 0 Å². The third kappa shape index (κ3) is 1.66. The van der Waals surface area contributed by atoms with E-state index in [1.807, 2.05) is 0 Å². The van der Waals surface area contributed by atoms with Crippen molar-refractivity contribution in [3.8, 4) is 0 Å². The smallest absolute Gasteiger partial charge is 0.232 e. The van der Waals surface area contributed by atoms with Gasteiger partial charge in [-0.1, -0.05) is 13.3 Å². The fourth-order valence-electron chi connectivity index (χ4n) is 1.18. The zero-order chi connectivity index (χ0) is 7.56. The molecule has 2 unspecified atom stereocenters. The minimum Gasteiger partial charge on any atom is -0.355 e. The van der Waals surface area contributed by atoms with E-state index in [2.05, 4.69) is 24.9 Å². The quantitative estimate of drug-likeness (QED) is 0.545. The van der Waals surface area contributed by atoms with Gasteiger partial charge in [0.15, 0.2) is 0 Å². The van der Waals surface area contributed by atoms with Crippen molar-refractivity contribution in [2.24, 2.45) is 5.92 Å². The molecular formula is C7H13NOS. The van der Waals surface area contributed by atoms with E-state index < -0.39 is 0 Å². The van der Waals surface area contributed by atoms with Crippen molar-refractivity contribution in [2.45, 2.75) is 25.0 Å². The molecule has 2 atom stereocenters. The van der Waals surface area contributed by atoms with Crippen LogP contribution in [0.3, 0.4) is 0 Å². The Kier molecular flexibility index (Phi) is 2.60. The van der Waals surface area contributed by atoms with E-state index in [0.29, 0.717) is 5.92 Å². The zero-order valence-electron chi connectivity index (χ0n) is 6.13. The van der Waals surface area contributed by atoms with Gasteiger partial charge in [-0.05, 0) is 12.3 Å². The summed E-state index contributed by atoms with van der Waals surface area (Å²) in [5, 5.41) is 2.75. The Labute approximate surface area is 66.8 Å². The van der Waals surface area contributed by atoms with Gasteiger partial charge in [-0.2, -0.15) is 12.6 Å². The zero-order valence-corrected chi connectivity index (χ0v) is 7.03. The Hall–Kier alpha value is -0.180. The second kappa shape index (κ2) is 3.28. The predicted molar refractivity (Wildman–Crippen MR) is 44.2 cm³/mol. The first-order valence-corrected chi connectivity index (χ1v) is 4.21. The van der Waals surface area contributed by atoms with E-state index in [4.69, 9.17) is 0 Å². The lowest BCUT2D eigenvalue weighted by molar-refractivity contribution is -0.122. The summed E-state index contributed by atoms with van der Waals surface area (Å²) in [5.41, 5.74) is 0. The molecule has 0 saturated carbocycles. The molecule has 0 aromatic heterocycles. The van der Waals surface area contributed by atoms with Crippen LogP contribution in [0, 0.1) is 5.92 Å². The first-order valence-electron chi connectivity index (χ1n) is 3.69. The Morgan fingerprint density at radius 3 is 3.00 bits per heavy atom. The number of thiol groups is 1. The number of carbonyl (C=O) groups excluding carboxylic acids is 1. The molecule has 1 saturated heterocycles. The van der Waals surface area contributed by atoms with Gasteiger partial charge in [0, 0.05) is 6.54 Å². The van der Waals surface area contributed by atoms with Gasteiger partial charge < -0.3 is 5.32 Å². The lowest BCUT2D eigenvalue weighted by Gasteiger charge is -2.25. The molecule has 0 aromatic carbocycles. The fourth-order valence-corrected chi connectivity index (χ4v) is 1.57. The van der Waals surface area contributed by atoms with Crippen LogP contribution in [0.15, 0.2) is 0 Å². The van der Waals surface area contributed by atoms with Crippen molar-refractivity contribution in [3.63, 3.8) is 0 Å². The molecule has 0 spiro atoms. The number of piperidine rings is 1. The van der Waals surface area contributed by atoms with Gasteiger partial charge in [-0.3, -0.25) is 4.79 Å². The maximum Gasteiger partial charge on any atom is 0.232 e. The third-order valence-electron chi connectivity index (χ3n) is 2.00. The molecule has 0 bridgehead atoms. The van der Waals surface area contributed by atoms with Crippen molar-refractivity contribution < 1.29 is 4.79 Å². The summed E-state index contributed by atoms with van der Waals surface area (Å²) in [5.74, 6) is 0.730. The molecule has 0 aliphatic carbocycles. The number of amides is 1. The molecule has 58 valence electrons. The minimum atomic E-state index is -0.0706. The second-order valence-corrected chi connectivity index (χ2v) is 3.39. The molecule has 1 fully saturated rings. The molecule has 3 heteroatoms. The number of hydrogen-bond donors (Lipinski definition) is 2. The lowest BCUT2D eigenvalue weighted by Crippen LogP contribution is -2.42. The van der Waals surface area contributed by atoms with Crippen LogP contribution in [-0.4, -0.2) is 17.7 Å². The largest absolute Gasteiger partial charge is 0.355 e. The van der Waals surface area contributed by atoms with E-state index in [1.165, 1.54) is 0 Å². The topological polar surface area (TPSA) is 29.1 Å². The molecule has 1 rings (SSSR count). The highest BCUT2D eigenvalue weighted by molar-refractivity contribution is 7.81. The molecule has 1 amide bonds. The van der Waals surface area contributed by atoms with Crippen molar-refractivity contribution in [1.29, 1.82) is 0 Å². The first-order chi connectivity index (χ1) is 4.74. The summed E-state index contributed by atoms with van der Waals surface area (Å²) in [6, 6.07) is 0. The molecule has 0 aromatic rings. The Bertz CT molecular complexity index is 138. The number of rotatable bonds is 1. The fraction of sp³-hybridized carbons (Fsp3) is 0.857. The number of hydrogen-bond acceptors (Lipinski definition) is 2. The van der Waals surface area contributed by atoms with Gasteiger partial charge in [-0.25, -0.2) is 0 Å². The number of nitrogens with one attached hydrogen (secondary N) is 1. The van der Waals surface area contributed by atoms with E-state index >= 15 is 0 Å². The van der Waals surface area contributed by atoms with Gasteiger partial charge >= 0.3 is 0 Å². The van der Waals surface area contributed by atoms with Crippen LogP contribution in [0.25, 0.3) is 0 Å². The number of carbonyl (C=O) groups is 1. The molecule has 1 aliphatic heterocycles. The van der Waals surface area contributed by atoms with Crippen LogP contribution in [0.5, 0.6) is 0 Å². The average Bonchev–Trinajstić information content (AvgIpc) is 1.95. The van der Waals surface area contributed by atoms with E-state index in [-0.39, 0.29) is 11.2 Å². The van der Waals surface area contributed by atoms with Crippen LogP contribution in [0.2, 0.25) is 0 Å². The summed E-state index contributed by atoms with van der Waals surface area (Å²) in [6.07, 6.45) is 2.07. The van der Waals surface area contributed by atoms with Crippen molar-refractivity contribution >= 4 is 18.5 Å². The summed E-state index contributed by atoms with van der Waals surface area (Å²) in [4.78, 5) is 10.9. The second-order valence-electron chi connectivity index (χ2n) is 2.77. The van der Waals surface area contributed by atoms with Crippen LogP contribution < -0.4 is 5.32 Å². The average molecular weight is 159 g/mol. The molecule has 1 N–H and O–H groups in total. The van der Waals surface area contributed by atoms with Crippen LogP contribution in [0.4, 0.5) is 0 Å². The Morgan fingerprint density at radius 1 is 1.80 bits per heavy atom. The summed E-state index contributed by atoms with van der Waals surface area (Å²) in [7, 11) is 0. The lowest BCUT2D eigenvalue weighted by atomic mass is 9.96. The standard InChI is InChI=1S/C7H13NOS/c1-2-5-3-6(10)7(9)8-4-5/h5-6,10H,2-4H2,1H3,(H,8,9).